The molecule has 1 N–H and O–H groups in total. The van der Waals surface area contributed by atoms with Gasteiger partial charge in [-0.3, -0.25) is 4.79 Å². The van der Waals surface area contributed by atoms with Gasteiger partial charge in [0.05, 0.1) is 5.56 Å². The lowest BCUT2D eigenvalue weighted by atomic mass is 9.93. The Labute approximate surface area is 113 Å². The Kier molecular flexibility index (Phi) is 3.22. The molecule has 1 saturated carbocycles. The summed E-state index contributed by atoms with van der Waals surface area (Å²) in [4.78, 5) is 11.8. The van der Waals surface area contributed by atoms with Crippen LogP contribution in [0.4, 0.5) is 8.78 Å². The van der Waals surface area contributed by atoms with Gasteiger partial charge in [0.15, 0.2) is 11.5 Å². The topological polar surface area (TPSA) is 55.1 Å². The van der Waals surface area contributed by atoms with E-state index >= 15 is 0 Å². The summed E-state index contributed by atoms with van der Waals surface area (Å²) in [6.45, 7) is 0. The number of carbonyl (C=O) groups excluding carboxylic acids is 1. The Morgan fingerprint density at radius 3 is 2.75 bits per heavy atom. The van der Waals surface area contributed by atoms with Crippen molar-refractivity contribution >= 4 is 5.91 Å². The Balaban J connectivity index is 1.80. The van der Waals surface area contributed by atoms with Crippen LogP contribution in [0, 0.1) is 11.6 Å². The van der Waals surface area contributed by atoms with Gasteiger partial charge in [0, 0.05) is 18.2 Å². The van der Waals surface area contributed by atoms with E-state index in [0.29, 0.717) is 0 Å². The number of hydrogen-bond acceptors (Lipinski definition) is 3. The van der Waals surface area contributed by atoms with Crippen molar-refractivity contribution in [2.24, 2.45) is 0 Å². The van der Waals surface area contributed by atoms with Gasteiger partial charge in [-0.15, -0.1) is 0 Å². The van der Waals surface area contributed by atoms with E-state index < -0.39 is 11.6 Å². The van der Waals surface area contributed by atoms with Crippen LogP contribution < -0.4 is 5.32 Å². The highest BCUT2D eigenvalue weighted by molar-refractivity contribution is 5.93. The van der Waals surface area contributed by atoms with Crippen LogP contribution in [0.15, 0.2) is 28.8 Å². The van der Waals surface area contributed by atoms with Crippen LogP contribution >= 0.6 is 0 Å². The molecule has 0 aliphatic heterocycles. The minimum absolute atomic E-state index is 0.0709. The molecule has 0 atom stereocenters. The smallest absolute Gasteiger partial charge is 0.273 e. The van der Waals surface area contributed by atoms with Crippen molar-refractivity contribution in [2.45, 2.75) is 25.3 Å². The van der Waals surface area contributed by atoms with Crippen LogP contribution in [0.1, 0.15) is 29.8 Å². The first-order valence-electron chi connectivity index (χ1n) is 6.36. The third kappa shape index (κ3) is 2.41. The summed E-state index contributed by atoms with van der Waals surface area (Å²) in [5.74, 6) is -1.67. The molecule has 3 rings (SSSR count). The van der Waals surface area contributed by atoms with Crippen molar-refractivity contribution in [2.75, 3.05) is 0 Å². The average molecular weight is 278 g/mol. The predicted octanol–water partition coefficient (Wildman–Crippen LogP) is 2.90. The number of benzene rings is 1. The van der Waals surface area contributed by atoms with Gasteiger partial charge in [-0.05, 0) is 31.4 Å². The van der Waals surface area contributed by atoms with Crippen molar-refractivity contribution in [3.8, 4) is 11.3 Å². The number of halogens is 2. The second kappa shape index (κ2) is 5.03. The summed E-state index contributed by atoms with van der Waals surface area (Å²) in [6.07, 6.45) is 3.03. The molecule has 1 aromatic heterocycles. The molecule has 0 radical (unpaired) electrons. The standard InChI is InChI=1S/C14H12F2N2O2/c15-8-4-5-10(11(16)6-8)13-7-12(18-20-13)14(19)17-9-2-1-3-9/h4-7,9H,1-3H2,(H,17,19). The molecule has 104 valence electrons. The molecule has 2 aromatic rings. The van der Waals surface area contributed by atoms with E-state index in [2.05, 4.69) is 10.5 Å². The van der Waals surface area contributed by atoms with Gasteiger partial charge in [-0.2, -0.15) is 0 Å². The highest BCUT2D eigenvalue weighted by Gasteiger charge is 2.22. The fourth-order valence-electron chi connectivity index (χ4n) is 2.01. The van der Waals surface area contributed by atoms with Crippen LogP contribution in [0.2, 0.25) is 0 Å². The summed E-state index contributed by atoms with van der Waals surface area (Å²) >= 11 is 0. The average Bonchev–Trinajstić information content (AvgIpc) is 2.83. The Bertz CT molecular complexity index is 650. The SMILES string of the molecule is O=C(NC1CCC1)c1cc(-c2ccc(F)cc2F)on1. The van der Waals surface area contributed by atoms with Gasteiger partial charge in [0.2, 0.25) is 0 Å². The fraction of sp³-hybridized carbons (Fsp3) is 0.286. The van der Waals surface area contributed by atoms with E-state index in [1.54, 1.807) is 0 Å². The van der Waals surface area contributed by atoms with Crippen molar-refractivity contribution in [3.63, 3.8) is 0 Å². The predicted molar refractivity (Wildman–Crippen MR) is 67.0 cm³/mol. The van der Waals surface area contributed by atoms with Gasteiger partial charge >= 0.3 is 0 Å². The maximum Gasteiger partial charge on any atom is 0.273 e. The fourth-order valence-corrected chi connectivity index (χ4v) is 2.01. The summed E-state index contributed by atoms with van der Waals surface area (Å²) in [5, 5.41) is 6.43. The summed E-state index contributed by atoms with van der Waals surface area (Å²) in [7, 11) is 0. The summed E-state index contributed by atoms with van der Waals surface area (Å²) in [6, 6.07) is 4.66. The zero-order valence-electron chi connectivity index (χ0n) is 10.5. The van der Waals surface area contributed by atoms with E-state index in [9.17, 15) is 13.6 Å². The summed E-state index contributed by atoms with van der Waals surface area (Å²) in [5.41, 5.74) is 0.164. The van der Waals surface area contributed by atoms with Gasteiger partial charge in [-0.1, -0.05) is 5.16 Å². The van der Waals surface area contributed by atoms with Crippen molar-refractivity contribution < 1.29 is 18.1 Å². The van der Waals surface area contributed by atoms with Crippen molar-refractivity contribution in [3.05, 3.63) is 41.6 Å². The monoisotopic (exact) mass is 278 g/mol. The van der Waals surface area contributed by atoms with E-state index in [4.69, 9.17) is 4.52 Å². The Morgan fingerprint density at radius 1 is 1.30 bits per heavy atom. The van der Waals surface area contributed by atoms with Crippen LogP contribution in [0.5, 0.6) is 0 Å². The highest BCUT2D eigenvalue weighted by Crippen LogP contribution is 2.24. The number of carbonyl (C=O) groups is 1. The number of hydrogen-bond donors (Lipinski definition) is 1. The zero-order valence-corrected chi connectivity index (χ0v) is 10.5. The minimum Gasteiger partial charge on any atom is -0.355 e. The van der Waals surface area contributed by atoms with Crippen LogP contribution in [0.25, 0.3) is 11.3 Å². The molecule has 1 aromatic carbocycles. The molecular formula is C14H12F2N2O2. The first-order chi connectivity index (χ1) is 9.63. The maximum atomic E-state index is 13.6. The molecule has 1 aliphatic carbocycles. The van der Waals surface area contributed by atoms with E-state index in [1.165, 1.54) is 12.1 Å². The van der Waals surface area contributed by atoms with Gasteiger partial charge < -0.3 is 9.84 Å². The first kappa shape index (κ1) is 12.8. The minimum atomic E-state index is -0.757. The lowest BCUT2D eigenvalue weighted by Crippen LogP contribution is -2.39. The molecule has 0 unspecified atom stereocenters. The quantitative estimate of drug-likeness (QED) is 0.939. The van der Waals surface area contributed by atoms with Gasteiger partial charge in [-0.25, -0.2) is 8.78 Å². The number of amides is 1. The molecule has 1 amide bonds. The number of nitrogens with zero attached hydrogens (tertiary/aromatic N) is 1. The number of aromatic nitrogens is 1. The normalized spacial score (nSPS) is 14.9. The maximum absolute atomic E-state index is 13.6. The second-order valence-corrected chi connectivity index (χ2v) is 4.80. The Hall–Kier alpha value is -2.24. The van der Waals surface area contributed by atoms with E-state index in [1.807, 2.05) is 0 Å². The second-order valence-electron chi connectivity index (χ2n) is 4.80. The van der Waals surface area contributed by atoms with Crippen molar-refractivity contribution in [1.29, 1.82) is 0 Å². The molecule has 1 aliphatic rings. The van der Waals surface area contributed by atoms with Crippen molar-refractivity contribution in [1.82, 2.24) is 10.5 Å². The molecule has 0 spiro atoms. The van der Waals surface area contributed by atoms with E-state index in [0.717, 1.165) is 31.4 Å². The third-order valence-corrected chi connectivity index (χ3v) is 3.38. The molecule has 0 bridgehead atoms. The van der Waals surface area contributed by atoms with Crippen LogP contribution in [0.3, 0.4) is 0 Å². The molecule has 20 heavy (non-hydrogen) atoms. The molecule has 0 saturated heterocycles. The lowest BCUT2D eigenvalue weighted by Gasteiger charge is -2.25. The first-order valence-corrected chi connectivity index (χ1v) is 6.36. The number of rotatable bonds is 3. The van der Waals surface area contributed by atoms with Crippen LogP contribution in [-0.2, 0) is 0 Å². The van der Waals surface area contributed by atoms with Crippen LogP contribution in [-0.4, -0.2) is 17.1 Å². The highest BCUT2D eigenvalue weighted by atomic mass is 19.1. The molecule has 4 nitrogen and oxygen atoms in total. The summed E-state index contributed by atoms with van der Waals surface area (Å²) < 4.78 is 31.4. The molecule has 1 heterocycles. The zero-order chi connectivity index (χ0) is 14.1. The molecule has 1 fully saturated rings. The molecular weight excluding hydrogens is 266 g/mol. The van der Waals surface area contributed by atoms with E-state index in [-0.39, 0.29) is 29.0 Å². The number of nitrogens with one attached hydrogen (secondary N) is 1. The lowest BCUT2D eigenvalue weighted by molar-refractivity contribution is 0.0908. The Morgan fingerprint density at radius 2 is 2.10 bits per heavy atom. The third-order valence-electron chi connectivity index (χ3n) is 3.38. The van der Waals surface area contributed by atoms with Gasteiger partial charge in [0.25, 0.3) is 5.91 Å². The largest absolute Gasteiger partial charge is 0.355 e. The van der Waals surface area contributed by atoms with Gasteiger partial charge in [0.1, 0.15) is 11.6 Å². The molecule has 6 heteroatoms.